The van der Waals surface area contributed by atoms with Crippen LogP contribution in [0.15, 0.2) is 29.3 Å². The first-order valence-corrected chi connectivity index (χ1v) is 6.56. The molecule has 0 radical (unpaired) electrons. The highest BCUT2D eigenvalue weighted by Crippen LogP contribution is 2.27. The van der Waals surface area contributed by atoms with Gasteiger partial charge in [-0.3, -0.25) is 4.99 Å². The molecule has 0 amide bonds. The Morgan fingerprint density at radius 2 is 2.12 bits per heavy atom. The second-order valence-corrected chi connectivity index (χ2v) is 5.12. The standard InChI is InChI=1S/C15H22N2/c1-11(2)13-7-4-5-8-15(13)17-12(3)14-9-6-10-16-14/h4-5,7-8,11,14,16H,6,9-10H2,1-3H3. The minimum atomic E-state index is 0.482. The van der Waals surface area contributed by atoms with Crippen LogP contribution in [0.1, 0.15) is 45.1 Å². The summed E-state index contributed by atoms with van der Waals surface area (Å²) in [6.45, 7) is 7.71. The Morgan fingerprint density at radius 1 is 1.35 bits per heavy atom. The largest absolute Gasteiger partial charge is 0.309 e. The van der Waals surface area contributed by atoms with Crippen LogP contribution in [0.5, 0.6) is 0 Å². The summed E-state index contributed by atoms with van der Waals surface area (Å²) in [7, 11) is 0. The number of hydrogen-bond donors (Lipinski definition) is 1. The van der Waals surface area contributed by atoms with Gasteiger partial charge < -0.3 is 5.32 Å². The van der Waals surface area contributed by atoms with Gasteiger partial charge in [0.25, 0.3) is 0 Å². The Morgan fingerprint density at radius 3 is 2.76 bits per heavy atom. The van der Waals surface area contributed by atoms with E-state index in [1.54, 1.807) is 0 Å². The van der Waals surface area contributed by atoms with Gasteiger partial charge >= 0.3 is 0 Å². The lowest BCUT2D eigenvalue weighted by Gasteiger charge is -2.13. The molecule has 2 rings (SSSR count). The van der Waals surface area contributed by atoms with Crippen molar-refractivity contribution < 1.29 is 0 Å². The molecule has 1 aromatic carbocycles. The molecule has 92 valence electrons. The monoisotopic (exact) mass is 230 g/mol. The zero-order valence-corrected chi connectivity index (χ0v) is 11.0. The summed E-state index contributed by atoms with van der Waals surface area (Å²) in [5.74, 6) is 0.527. The SMILES string of the molecule is CC(=Nc1ccccc1C(C)C)C1CCCN1. The van der Waals surface area contributed by atoms with Crippen LogP contribution in [0.3, 0.4) is 0 Å². The van der Waals surface area contributed by atoms with E-state index in [1.165, 1.54) is 24.1 Å². The second-order valence-electron chi connectivity index (χ2n) is 5.12. The van der Waals surface area contributed by atoms with E-state index in [9.17, 15) is 0 Å². The van der Waals surface area contributed by atoms with Gasteiger partial charge in [0, 0.05) is 11.8 Å². The third-order valence-corrected chi connectivity index (χ3v) is 3.42. The maximum Gasteiger partial charge on any atom is 0.0664 e. The molecule has 2 nitrogen and oxygen atoms in total. The first kappa shape index (κ1) is 12.3. The van der Waals surface area contributed by atoms with E-state index < -0.39 is 0 Å². The van der Waals surface area contributed by atoms with Gasteiger partial charge in [0.2, 0.25) is 0 Å². The highest BCUT2D eigenvalue weighted by molar-refractivity contribution is 5.90. The van der Waals surface area contributed by atoms with Crippen molar-refractivity contribution in [3.63, 3.8) is 0 Å². The highest BCUT2D eigenvalue weighted by atomic mass is 15.0. The number of para-hydroxylation sites is 1. The molecule has 0 bridgehead atoms. The number of nitrogens with zero attached hydrogens (tertiary/aromatic N) is 1. The molecule has 1 unspecified atom stereocenters. The van der Waals surface area contributed by atoms with Gasteiger partial charge in [-0.05, 0) is 43.9 Å². The molecule has 1 aliphatic heterocycles. The minimum absolute atomic E-state index is 0.482. The summed E-state index contributed by atoms with van der Waals surface area (Å²) in [4.78, 5) is 4.82. The number of hydrogen-bond acceptors (Lipinski definition) is 2. The predicted molar refractivity (Wildman–Crippen MR) is 74.3 cm³/mol. The highest BCUT2D eigenvalue weighted by Gasteiger charge is 2.17. The predicted octanol–water partition coefficient (Wildman–Crippen LogP) is 3.65. The Balaban J connectivity index is 2.24. The van der Waals surface area contributed by atoms with Crippen LogP contribution in [0.2, 0.25) is 0 Å². The van der Waals surface area contributed by atoms with Crippen LogP contribution < -0.4 is 5.32 Å². The number of rotatable bonds is 3. The van der Waals surface area contributed by atoms with Crippen LogP contribution in [0, 0.1) is 0 Å². The summed E-state index contributed by atoms with van der Waals surface area (Å²) in [6, 6.07) is 8.94. The van der Waals surface area contributed by atoms with Crippen molar-refractivity contribution in [2.24, 2.45) is 4.99 Å². The fourth-order valence-electron chi connectivity index (χ4n) is 2.39. The Bertz CT molecular complexity index is 401. The maximum absolute atomic E-state index is 4.82. The quantitative estimate of drug-likeness (QED) is 0.787. The molecular weight excluding hydrogens is 208 g/mol. The molecule has 1 aliphatic rings. The van der Waals surface area contributed by atoms with Gasteiger partial charge in [-0.2, -0.15) is 0 Å². The Labute approximate surface area is 104 Å². The van der Waals surface area contributed by atoms with E-state index in [1.807, 2.05) is 0 Å². The van der Waals surface area contributed by atoms with E-state index in [2.05, 4.69) is 50.4 Å². The van der Waals surface area contributed by atoms with Gasteiger partial charge in [0.15, 0.2) is 0 Å². The van der Waals surface area contributed by atoms with Crippen molar-refractivity contribution in [3.05, 3.63) is 29.8 Å². The number of nitrogens with one attached hydrogen (secondary N) is 1. The van der Waals surface area contributed by atoms with Gasteiger partial charge in [-0.1, -0.05) is 32.0 Å². The fraction of sp³-hybridized carbons (Fsp3) is 0.533. The molecule has 0 aliphatic carbocycles. The normalized spacial score (nSPS) is 21.2. The topological polar surface area (TPSA) is 24.4 Å². The lowest BCUT2D eigenvalue weighted by Crippen LogP contribution is -2.28. The van der Waals surface area contributed by atoms with Gasteiger partial charge in [0.05, 0.1) is 5.69 Å². The molecule has 0 saturated carbocycles. The van der Waals surface area contributed by atoms with Crippen LogP contribution in [0.4, 0.5) is 5.69 Å². The first-order chi connectivity index (χ1) is 8.18. The summed E-state index contributed by atoms with van der Waals surface area (Å²) in [6.07, 6.45) is 2.49. The number of aliphatic imine (C=N–C) groups is 1. The summed E-state index contributed by atoms with van der Waals surface area (Å²) >= 11 is 0. The lowest BCUT2D eigenvalue weighted by atomic mass is 10.0. The van der Waals surface area contributed by atoms with E-state index in [-0.39, 0.29) is 0 Å². The van der Waals surface area contributed by atoms with Crippen LogP contribution in [0.25, 0.3) is 0 Å². The maximum atomic E-state index is 4.82. The zero-order chi connectivity index (χ0) is 12.3. The van der Waals surface area contributed by atoms with Crippen molar-refractivity contribution in [1.29, 1.82) is 0 Å². The van der Waals surface area contributed by atoms with Crippen molar-refractivity contribution in [2.45, 2.75) is 45.6 Å². The Kier molecular flexibility index (Phi) is 3.95. The van der Waals surface area contributed by atoms with Gasteiger partial charge in [0.1, 0.15) is 0 Å². The molecule has 1 atom stereocenters. The van der Waals surface area contributed by atoms with E-state index >= 15 is 0 Å². The molecule has 1 heterocycles. The third-order valence-electron chi connectivity index (χ3n) is 3.42. The first-order valence-electron chi connectivity index (χ1n) is 6.56. The molecule has 2 heteroatoms. The zero-order valence-electron chi connectivity index (χ0n) is 11.0. The van der Waals surface area contributed by atoms with Crippen molar-refractivity contribution in [2.75, 3.05) is 6.54 Å². The average molecular weight is 230 g/mol. The summed E-state index contributed by atoms with van der Waals surface area (Å²) in [5.41, 5.74) is 3.69. The molecule has 1 N–H and O–H groups in total. The lowest BCUT2D eigenvalue weighted by molar-refractivity contribution is 0.758. The summed E-state index contributed by atoms with van der Waals surface area (Å²) in [5, 5.41) is 3.49. The second kappa shape index (κ2) is 5.46. The van der Waals surface area contributed by atoms with Gasteiger partial charge in [-0.15, -0.1) is 0 Å². The van der Waals surface area contributed by atoms with Gasteiger partial charge in [-0.25, -0.2) is 0 Å². The fourth-order valence-corrected chi connectivity index (χ4v) is 2.39. The number of benzene rings is 1. The molecule has 1 saturated heterocycles. The smallest absolute Gasteiger partial charge is 0.0664 e. The van der Waals surface area contributed by atoms with E-state index in [0.29, 0.717) is 12.0 Å². The molecule has 1 fully saturated rings. The van der Waals surface area contributed by atoms with Crippen LogP contribution in [-0.2, 0) is 0 Å². The third kappa shape index (κ3) is 2.95. The van der Waals surface area contributed by atoms with Crippen molar-refractivity contribution in [3.8, 4) is 0 Å². The molecule has 0 spiro atoms. The average Bonchev–Trinajstić information content (AvgIpc) is 2.83. The van der Waals surface area contributed by atoms with Crippen LogP contribution >= 0.6 is 0 Å². The summed E-state index contributed by atoms with van der Waals surface area (Å²) < 4.78 is 0. The van der Waals surface area contributed by atoms with E-state index in [4.69, 9.17) is 4.99 Å². The molecule has 1 aromatic rings. The van der Waals surface area contributed by atoms with Crippen molar-refractivity contribution in [1.82, 2.24) is 5.32 Å². The molecule has 17 heavy (non-hydrogen) atoms. The Hall–Kier alpha value is -1.15. The van der Waals surface area contributed by atoms with E-state index in [0.717, 1.165) is 12.2 Å². The minimum Gasteiger partial charge on any atom is -0.309 e. The van der Waals surface area contributed by atoms with Crippen molar-refractivity contribution >= 4 is 11.4 Å². The molecular formula is C15H22N2. The van der Waals surface area contributed by atoms with Crippen LogP contribution in [-0.4, -0.2) is 18.3 Å². The molecule has 0 aromatic heterocycles.